The molecule has 0 fully saturated rings. The molecule has 0 saturated heterocycles. The molecule has 4 nitrogen and oxygen atoms in total. The quantitative estimate of drug-likeness (QED) is 0.745. The summed E-state index contributed by atoms with van der Waals surface area (Å²) in [5.74, 6) is -1.07. The first-order chi connectivity index (χ1) is 7.11. The monoisotopic (exact) mass is 208 g/mol. The van der Waals surface area contributed by atoms with Gasteiger partial charge in [0.25, 0.3) is 0 Å². The smallest absolute Gasteiger partial charge is 0.340 e. The summed E-state index contributed by atoms with van der Waals surface area (Å²) in [6.07, 6.45) is -1.33. The van der Waals surface area contributed by atoms with Crippen molar-refractivity contribution in [2.75, 3.05) is 6.61 Å². The van der Waals surface area contributed by atoms with Crippen LogP contribution in [0.5, 0.6) is 0 Å². The Morgan fingerprint density at radius 3 is 2.47 bits per heavy atom. The molecule has 0 bridgehead atoms. The average Bonchev–Trinajstić information content (AvgIpc) is 2.26. The highest BCUT2D eigenvalue weighted by atomic mass is 16.5. The number of carbonyl (C=O) groups excluding carboxylic acids is 2. The molecule has 1 unspecified atom stereocenters. The van der Waals surface area contributed by atoms with E-state index >= 15 is 0 Å². The van der Waals surface area contributed by atoms with Crippen molar-refractivity contribution in [1.29, 1.82) is 0 Å². The van der Waals surface area contributed by atoms with Crippen LogP contribution >= 0.6 is 0 Å². The van der Waals surface area contributed by atoms with Gasteiger partial charge in [-0.05, 0) is 12.5 Å². The summed E-state index contributed by atoms with van der Waals surface area (Å²) in [6.45, 7) is 1.00. The second-order valence-corrected chi connectivity index (χ2v) is 3.12. The topological polar surface area (TPSA) is 63.6 Å². The van der Waals surface area contributed by atoms with Crippen molar-refractivity contribution in [3.63, 3.8) is 0 Å². The number of hydrogen-bond acceptors (Lipinski definition) is 4. The van der Waals surface area contributed by atoms with E-state index in [-0.39, 0.29) is 12.4 Å². The number of aliphatic hydroxyl groups excluding tert-OH is 1. The second-order valence-electron chi connectivity index (χ2n) is 3.12. The minimum Gasteiger partial charge on any atom is -0.456 e. The normalized spacial score (nSPS) is 11.9. The molecule has 0 heterocycles. The van der Waals surface area contributed by atoms with Crippen LogP contribution in [0.3, 0.4) is 0 Å². The minimum absolute atomic E-state index is 0.261. The lowest BCUT2D eigenvalue weighted by Crippen LogP contribution is -2.18. The van der Waals surface area contributed by atoms with Crippen molar-refractivity contribution in [3.05, 3.63) is 35.9 Å². The molecular formula is C11H12O4. The van der Waals surface area contributed by atoms with Crippen LogP contribution in [-0.4, -0.2) is 23.5 Å². The van der Waals surface area contributed by atoms with Crippen LogP contribution in [-0.2, 0) is 14.3 Å². The van der Waals surface area contributed by atoms with E-state index in [0.717, 1.165) is 0 Å². The van der Waals surface area contributed by atoms with Gasteiger partial charge in [-0.15, -0.1) is 0 Å². The van der Waals surface area contributed by atoms with E-state index in [0.29, 0.717) is 5.56 Å². The zero-order valence-corrected chi connectivity index (χ0v) is 8.34. The van der Waals surface area contributed by atoms with Crippen molar-refractivity contribution < 1.29 is 19.4 Å². The van der Waals surface area contributed by atoms with Gasteiger partial charge < -0.3 is 9.84 Å². The number of benzene rings is 1. The average molecular weight is 208 g/mol. The van der Waals surface area contributed by atoms with Crippen LogP contribution in [0, 0.1) is 0 Å². The fourth-order valence-corrected chi connectivity index (χ4v) is 1.02. The van der Waals surface area contributed by atoms with Crippen LogP contribution in [0.2, 0.25) is 0 Å². The van der Waals surface area contributed by atoms with Gasteiger partial charge in [-0.2, -0.15) is 0 Å². The van der Waals surface area contributed by atoms with Crippen molar-refractivity contribution in [2.45, 2.75) is 13.0 Å². The molecule has 0 spiro atoms. The third-order valence-corrected chi connectivity index (χ3v) is 1.76. The predicted molar refractivity (Wildman–Crippen MR) is 53.0 cm³/mol. The molecule has 1 N–H and O–H groups in total. The molecule has 1 aromatic rings. The lowest BCUT2D eigenvalue weighted by atomic mass is 10.1. The van der Waals surface area contributed by atoms with Gasteiger partial charge >= 0.3 is 5.97 Å². The minimum atomic E-state index is -1.33. The van der Waals surface area contributed by atoms with Crippen molar-refractivity contribution in [1.82, 2.24) is 0 Å². The highest BCUT2D eigenvalue weighted by molar-refractivity contribution is 5.82. The molecule has 0 aliphatic rings. The third kappa shape index (κ3) is 3.52. The lowest BCUT2D eigenvalue weighted by Gasteiger charge is -2.09. The number of esters is 1. The molecule has 1 aromatic carbocycles. The molecule has 0 aliphatic carbocycles. The Balaban J connectivity index is 2.57. The molecule has 80 valence electrons. The standard InChI is InChI=1S/C11H12O4/c1-8(12)7-15-11(14)10(13)9-5-3-2-4-6-9/h2-6,10,13H,7H2,1H3. The highest BCUT2D eigenvalue weighted by Crippen LogP contribution is 2.13. The Kier molecular flexibility index (Phi) is 4.00. The number of hydrogen-bond donors (Lipinski definition) is 1. The van der Waals surface area contributed by atoms with Crippen molar-refractivity contribution in [3.8, 4) is 0 Å². The zero-order valence-electron chi connectivity index (χ0n) is 8.34. The SMILES string of the molecule is CC(=O)COC(=O)C(O)c1ccccc1. The molecule has 15 heavy (non-hydrogen) atoms. The maximum atomic E-state index is 11.2. The van der Waals surface area contributed by atoms with E-state index in [4.69, 9.17) is 0 Å². The second kappa shape index (κ2) is 5.26. The van der Waals surface area contributed by atoms with E-state index in [1.54, 1.807) is 30.3 Å². The third-order valence-electron chi connectivity index (χ3n) is 1.76. The fraction of sp³-hybridized carbons (Fsp3) is 0.273. The number of rotatable bonds is 4. The van der Waals surface area contributed by atoms with Crippen LogP contribution < -0.4 is 0 Å². The van der Waals surface area contributed by atoms with Gasteiger partial charge in [-0.25, -0.2) is 4.79 Å². The maximum Gasteiger partial charge on any atom is 0.340 e. The summed E-state index contributed by atoms with van der Waals surface area (Å²) < 4.78 is 4.58. The first kappa shape index (κ1) is 11.4. The van der Waals surface area contributed by atoms with E-state index < -0.39 is 12.1 Å². The van der Waals surface area contributed by atoms with E-state index in [2.05, 4.69) is 4.74 Å². The summed E-state index contributed by atoms with van der Waals surface area (Å²) in [5, 5.41) is 9.52. The number of Topliss-reactive ketones (excluding diaryl/α,β-unsaturated/α-hetero) is 1. The van der Waals surface area contributed by atoms with Gasteiger partial charge in [0.15, 0.2) is 11.9 Å². The summed E-state index contributed by atoms with van der Waals surface area (Å²) in [5.41, 5.74) is 0.450. The summed E-state index contributed by atoms with van der Waals surface area (Å²) in [7, 11) is 0. The maximum absolute atomic E-state index is 11.2. The lowest BCUT2D eigenvalue weighted by molar-refractivity contribution is -0.156. The summed E-state index contributed by atoms with van der Waals surface area (Å²) >= 11 is 0. The molecule has 4 heteroatoms. The fourth-order valence-electron chi connectivity index (χ4n) is 1.02. The Morgan fingerprint density at radius 1 is 1.33 bits per heavy atom. The van der Waals surface area contributed by atoms with Gasteiger partial charge in [-0.1, -0.05) is 30.3 Å². The van der Waals surface area contributed by atoms with Gasteiger partial charge in [-0.3, -0.25) is 4.79 Å². The van der Waals surface area contributed by atoms with Crippen molar-refractivity contribution in [2.24, 2.45) is 0 Å². The largest absolute Gasteiger partial charge is 0.456 e. The van der Waals surface area contributed by atoms with Gasteiger partial charge in [0.1, 0.15) is 6.61 Å². The first-order valence-corrected chi connectivity index (χ1v) is 4.50. The van der Waals surface area contributed by atoms with Gasteiger partial charge in [0, 0.05) is 0 Å². The van der Waals surface area contributed by atoms with E-state index in [1.165, 1.54) is 6.92 Å². The van der Waals surface area contributed by atoms with Gasteiger partial charge in [0.05, 0.1) is 0 Å². The molecule has 0 aliphatic heterocycles. The molecule has 0 saturated carbocycles. The van der Waals surface area contributed by atoms with Crippen LogP contribution in [0.15, 0.2) is 30.3 Å². The van der Waals surface area contributed by atoms with Crippen molar-refractivity contribution >= 4 is 11.8 Å². The summed E-state index contributed by atoms with van der Waals surface area (Å²) in [6, 6.07) is 8.41. The molecule has 0 aromatic heterocycles. The molecule has 1 rings (SSSR count). The number of ether oxygens (including phenoxy) is 1. The molecule has 1 atom stereocenters. The summed E-state index contributed by atoms with van der Waals surface area (Å²) in [4.78, 5) is 21.8. The predicted octanol–water partition coefficient (Wildman–Crippen LogP) is 0.852. The Bertz CT molecular complexity index is 345. The van der Waals surface area contributed by atoms with E-state index in [9.17, 15) is 14.7 Å². The highest BCUT2D eigenvalue weighted by Gasteiger charge is 2.18. The van der Waals surface area contributed by atoms with E-state index in [1.807, 2.05) is 0 Å². The van der Waals surface area contributed by atoms with Crippen LogP contribution in [0.1, 0.15) is 18.6 Å². The molecule has 0 radical (unpaired) electrons. The molecular weight excluding hydrogens is 196 g/mol. The molecule has 0 amide bonds. The van der Waals surface area contributed by atoms with Crippen LogP contribution in [0.4, 0.5) is 0 Å². The van der Waals surface area contributed by atoms with Crippen LogP contribution in [0.25, 0.3) is 0 Å². The first-order valence-electron chi connectivity index (χ1n) is 4.50. The zero-order chi connectivity index (χ0) is 11.3. The Labute approximate surface area is 87.5 Å². The number of aliphatic hydroxyl groups is 1. The number of carbonyl (C=O) groups is 2. The van der Waals surface area contributed by atoms with Gasteiger partial charge in [0.2, 0.25) is 0 Å². The Morgan fingerprint density at radius 2 is 1.93 bits per heavy atom. The Hall–Kier alpha value is -1.68. The number of ketones is 1.